The lowest BCUT2D eigenvalue weighted by Gasteiger charge is -2.31. The zero-order valence-corrected chi connectivity index (χ0v) is 14.6. The van der Waals surface area contributed by atoms with Crippen molar-refractivity contribution in [2.45, 2.75) is 31.4 Å². The first-order valence-electron chi connectivity index (χ1n) is 7.76. The summed E-state index contributed by atoms with van der Waals surface area (Å²) in [6.07, 6.45) is 0. The smallest absolute Gasteiger partial charge is 0.119 e. The summed E-state index contributed by atoms with van der Waals surface area (Å²) < 4.78 is 5.59. The molecule has 116 valence electrons. The van der Waals surface area contributed by atoms with Gasteiger partial charge in [-0.15, -0.1) is 0 Å². The summed E-state index contributed by atoms with van der Waals surface area (Å²) in [7, 11) is -0.497. The third-order valence-electron chi connectivity index (χ3n) is 3.84. The van der Waals surface area contributed by atoms with Crippen molar-refractivity contribution in [2.75, 3.05) is 6.61 Å². The fourth-order valence-corrected chi connectivity index (χ4v) is 6.86. The van der Waals surface area contributed by atoms with E-state index in [0.29, 0.717) is 6.61 Å². The number of benzene rings is 3. The maximum Gasteiger partial charge on any atom is 0.119 e. The summed E-state index contributed by atoms with van der Waals surface area (Å²) in [6.45, 7) is 2.72. The second kappa shape index (κ2) is 6.34. The fraction of sp³-hybridized carbons (Fsp3) is 0.100. The second-order valence-corrected chi connectivity index (χ2v) is 8.53. The van der Waals surface area contributed by atoms with Gasteiger partial charge in [0.25, 0.3) is 0 Å². The van der Waals surface area contributed by atoms with Gasteiger partial charge in [0.1, 0.15) is 5.75 Å². The van der Waals surface area contributed by atoms with Crippen LogP contribution in [-0.4, -0.2) is 6.61 Å². The largest absolute Gasteiger partial charge is 0.494 e. The molecule has 0 saturated carbocycles. The summed E-state index contributed by atoms with van der Waals surface area (Å²) >= 11 is 1.88. The van der Waals surface area contributed by atoms with E-state index in [-0.39, 0.29) is 0 Å². The summed E-state index contributed by atoms with van der Waals surface area (Å²) in [5.74, 6) is 0.944. The lowest BCUT2D eigenvalue weighted by Crippen LogP contribution is -1.97. The molecule has 3 heteroatoms. The van der Waals surface area contributed by atoms with E-state index in [1.807, 2.05) is 18.7 Å². The van der Waals surface area contributed by atoms with Crippen LogP contribution in [0.1, 0.15) is 6.92 Å². The molecule has 0 radical (unpaired) electrons. The predicted molar refractivity (Wildman–Crippen MR) is 98.4 cm³/mol. The third kappa shape index (κ3) is 2.75. The molecule has 3 aromatic rings. The van der Waals surface area contributed by atoms with Gasteiger partial charge in [0.2, 0.25) is 0 Å². The maximum atomic E-state index is 5.59. The Labute approximate surface area is 144 Å². The van der Waals surface area contributed by atoms with Gasteiger partial charge in [-0.05, 0) is 60.4 Å². The van der Waals surface area contributed by atoms with E-state index in [4.69, 9.17) is 4.74 Å². The van der Waals surface area contributed by atoms with Crippen molar-refractivity contribution in [2.24, 2.45) is 0 Å². The van der Waals surface area contributed by atoms with Gasteiger partial charge in [-0.25, -0.2) is 0 Å². The molecule has 0 bridgehead atoms. The van der Waals surface area contributed by atoms with Crippen molar-refractivity contribution in [3.05, 3.63) is 72.8 Å². The van der Waals surface area contributed by atoms with Crippen LogP contribution in [0, 0.1) is 0 Å². The zero-order valence-electron chi connectivity index (χ0n) is 12.9. The van der Waals surface area contributed by atoms with Crippen LogP contribution in [0.5, 0.6) is 5.75 Å². The number of ether oxygens (including phenoxy) is 1. The van der Waals surface area contributed by atoms with E-state index in [2.05, 4.69) is 72.8 Å². The Hall–Kier alpha value is -1.84. The number of fused-ring (bicyclic) bond motifs is 2. The molecule has 0 aliphatic carbocycles. The molecule has 1 aliphatic rings. The molecular weight excluding hydrogens is 320 g/mol. The first-order chi connectivity index (χ1) is 11.4. The summed E-state index contributed by atoms with van der Waals surface area (Å²) in [6, 6.07) is 26.2. The average Bonchev–Trinajstić information content (AvgIpc) is 2.61. The van der Waals surface area contributed by atoms with Crippen LogP contribution >= 0.6 is 22.7 Å². The summed E-state index contributed by atoms with van der Waals surface area (Å²) in [4.78, 5) is 7.05. The number of hydrogen-bond donors (Lipinski definition) is 1. The van der Waals surface area contributed by atoms with E-state index in [1.54, 1.807) is 0 Å². The minimum atomic E-state index is -0.497. The molecule has 0 fully saturated rings. The first kappa shape index (κ1) is 14.7. The normalized spacial score (nSPS) is 14.0. The molecule has 1 heterocycles. The van der Waals surface area contributed by atoms with Crippen LogP contribution < -0.4 is 4.74 Å². The van der Waals surface area contributed by atoms with Crippen LogP contribution in [0.2, 0.25) is 0 Å². The Morgan fingerprint density at radius 3 is 1.91 bits per heavy atom. The van der Waals surface area contributed by atoms with E-state index >= 15 is 0 Å². The molecule has 0 amide bonds. The molecule has 0 spiro atoms. The number of hydrogen-bond acceptors (Lipinski definition) is 2. The van der Waals surface area contributed by atoms with Gasteiger partial charge < -0.3 is 4.74 Å². The zero-order chi connectivity index (χ0) is 15.6. The van der Waals surface area contributed by atoms with Gasteiger partial charge in [0.15, 0.2) is 0 Å². The quantitative estimate of drug-likeness (QED) is 0.457. The van der Waals surface area contributed by atoms with E-state index in [1.165, 1.54) is 24.5 Å². The van der Waals surface area contributed by atoms with Crippen LogP contribution in [0.25, 0.3) is 0 Å². The van der Waals surface area contributed by atoms with Gasteiger partial charge in [0, 0.05) is 19.6 Å². The van der Waals surface area contributed by atoms with Crippen molar-refractivity contribution in [3.8, 4) is 5.75 Å². The predicted octanol–water partition coefficient (Wildman–Crippen LogP) is 6.03. The Bertz CT molecular complexity index is 782. The van der Waals surface area contributed by atoms with Gasteiger partial charge in [-0.3, -0.25) is 0 Å². The highest BCUT2D eigenvalue weighted by atomic mass is 32.2. The molecule has 4 rings (SSSR count). The van der Waals surface area contributed by atoms with Crippen LogP contribution in [0.4, 0.5) is 0 Å². The van der Waals surface area contributed by atoms with Gasteiger partial charge in [-0.1, -0.05) is 36.0 Å². The highest BCUT2D eigenvalue weighted by Gasteiger charge is 2.24. The minimum Gasteiger partial charge on any atom is -0.494 e. The van der Waals surface area contributed by atoms with E-state index in [9.17, 15) is 0 Å². The Morgan fingerprint density at radius 2 is 1.35 bits per heavy atom. The SMILES string of the molecule is CCOc1ccc([SH]2c3ccccc3Sc3ccccc32)cc1. The first-order valence-corrected chi connectivity index (χ1v) is 9.91. The molecular formula is C20H18OS2. The van der Waals surface area contributed by atoms with Crippen molar-refractivity contribution in [1.82, 2.24) is 0 Å². The van der Waals surface area contributed by atoms with E-state index in [0.717, 1.165) is 5.75 Å². The molecule has 0 aromatic heterocycles. The second-order valence-electron chi connectivity index (χ2n) is 5.30. The molecule has 3 aromatic carbocycles. The van der Waals surface area contributed by atoms with Gasteiger partial charge in [-0.2, -0.15) is 10.9 Å². The molecule has 0 unspecified atom stereocenters. The Morgan fingerprint density at radius 1 is 0.783 bits per heavy atom. The van der Waals surface area contributed by atoms with E-state index < -0.39 is 10.9 Å². The minimum absolute atomic E-state index is 0.497. The lowest BCUT2D eigenvalue weighted by atomic mass is 10.3. The molecule has 0 N–H and O–H groups in total. The highest BCUT2D eigenvalue weighted by molar-refractivity contribution is 8.18. The number of thiol groups is 1. The number of rotatable bonds is 3. The standard InChI is InChI=1S/C20H18OS2/c1-2-21-15-11-13-16(14-12-15)23-19-9-5-3-7-17(19)22-18-8-4-6-10-20(18)23/h3-14,23H,2H2,1H3. The molecule has 23 heavy (non-hydrogen) atoms. The van der Waals surface area contributed by atoms with Gasteiger partial charge >= 0.3 is 0 Å². The van der Waals surface area contributed by atoms with Crippen LogP contribution in [0.3, 0.4) is 0 Å². The lowest BCUT2D eigenvalue weighted by molar-refractivity contribution is 0.340. The topological polar surface area (TPSA) is 9.23 Å². The monoisotopic (exact) mass is 338 g/mol. The maximum absolute atomic E-state index is 5.59. The van der Waals surface area contributed by atoms with Gasteiger partial charge in [0.05, 0.1) is 6.61 Å². The van der Waals surface area contributed by atoms with Crippen molar-refractivity contribution < 1.29 is 4.74 Å². The fourth-order valence-electron chi connectivity index (χ4n) is 2.84. The Balaban J connectivity index is 1.84. The van der Waals surface area contributed by atoms with Crippen LogP contribution in [-0.2, 0) is 0 Å². The third-order valence-corrected chi connectivity index (χ3v) is 7.85. The van der Waals surface area contributed by atoms with Crippen molar-refractivity contribution in [3.63, 3.8) is 0 Å². The highest BCUT2D eigenvalue weighted by Crippen LogP contribution is 2.61. The van der Waals surface area contributed by atoms with Crippen molar-refractivity contribution >= 4 is 22.7 Å². The molecule has 0 saturated heterocycles. The summed E-state index contributed by atoms with van der Waals surface area (Å²) in [5.41, 5.74) is 0. The average molecular weight is 338 g/mol. The molecule has 1 aliphatic heterocycles. The van der Waals surface area contributed by atoms with Crippen LogP contribution in [0.15, 0.2) is 97.3 Å². The Kier molecular flexibility index (Phi) is 4.06. The molecule has 0 atom stereocenters. The van der Waals surface area contributed by atoms with Crippen molar-refractivity contribution in [1.29, 1.82) is 0 Å². The molecule has 1 nitrogen and oxygen atoms in total. The summed E-state index contributed by atoms with van der Waals surface area (Å²) in [5, 5.41) is 0.